The molecule has 38 heavy (non-hydrogen) atoms. The predicted octanol–water partition coefficient (Wildman–Crippen LogP) is 5.05. The van der Waals surface area contributed by atoms with Crippen molar-refractivity contribution in [3.05, 3.63) is 82.1 Å². The van der Waals surface area contributed by atoms with Gasteiger partial charge in [0.1, 0.15) is 11.3 Å². The average Bonchev–Trinajstić information content (AvgIpc) is 3.25. The van der Waals surface area contributed by atoms with Crippen molar-refractivity contribution in [2.45, 2.75) is 51.2 Å². The Hall–Kier alpha value is -4.40. The second-order valence-corrected chi connectivity index (χ2v) is 10.5. The second kappa shape index (κ2) is 9.48. The number of carbonyl (C=O) groups is 2. The van der Waals surface area contributed by atoms with Gasteiger partial charge in [0.25, 0.3) is 0 Å². The molecule has 0 spiro atoms. The average molecular weight is 515 g/mol. The van der Waals surface area contributed by atoms with Gasteiger partial charge in [-0.1, -0.05) is 54.6 Å². The fourth-order valence-corrected chi connectivity index (χ4v) is 4.78. The maximum Gasteiger partial charge on any atom is 0.408 e. The van der Waals surface area contributed by atoms with Crippen molar-refractivity contribution in [2.75, 3.05) is 7.11 Å². The first-order chi connectivity index (χ1) is 18.1. The topological polar surface area (TPSA) is 115 Å². The summed E-state index contributed by atoms with van der Waals surface area (Å²) in [6.07, 6.45) is 2.21. The zero-order chi connectivity index (χ0) is 27.1. The van der Waals surface area contributed by atoms with Crippen LogP contribution in [0, 0.1) is 0 Å². The number of nitrogens with one attached hydrogen (secondary N) is 2. The largest absolute Gasteiger partial charge is 0.464 e. The number of hydrogen-bond donors (Lipinski definition) is 2. The lowest BCUT2D eigenvalue weighted by atomic mass is 9.71. The SMILES string of the molecule is COC(=O)c1cc(=O)c2nc(-c3ccc(C4(NC(=O)OC(C)(C)C)CCC4)cc3)c(-c3ccccc3)n2[nH]1. The summed E-state index contributed by atoms with van der Waals surface area (Å²) in [5.41, 5.74) is 2.54. The number of imidazole rings is 1. The number of H-pyrrole nitrogens is 1. The maximum atomic E-state index is 12.9. The number of amides is 1. The number of benzene rings is 2. The van der Waals surface area contributed by atoms with Gasteiger partial charge in [0.15, 0.2) is 0 Å². The quantitative estimate of drug-likeness (QED) is 0.360. The highest BCUT2D eigenvalue weighted by Gasteiger charge is 2.41. The normalized spacial score (nSPS) is 14.5. The van der Waals surface area contributed by atoms with Gasteiger partial charge in [-0.2, -0.15) is 0 Å². The lowest BCUT2D eigenvalue weighted by Gasteiger charge is -2.43. The van der Waals surface area contributed by atoms with Crippen LogP contribution in [0.2, 0.25) is 0 Å². The smallest absolute Gasteiger partial charge is 0.408 e. The van der Waals surface area contributed by atoms with Crippen LogP contribution in [0.4, 0.5) is 4.79 Å². The highest BCUT2D eigenvalue weighted by atomic mass is 16.6. The first kappa shape index (κ1) is 25.3. The van der Waals surface area contributed by atoms with Crippen molar-refractivity contribution in [1.29, 1.82) is 0 Å². The van der Waals surface area contributed by atoms with Gasteiger partial charge in [0, 0.05) is 17.2 Å². The molecule has 1 fully saturated rings. The number of esters is 1. The van der Waals surface area contributed by atoms with Crippen LogP contribution in [-0.2, 0) is 15.0 Å². The van der Waals surface area contributed by atoms with Crippen molar-refractivity contribution in [2.24, 2.45) is 0 Å². The van der Waals surface area contributed by atoms with E-state index in [1.807, 2.05) is 75.4 Å². The zero-order valence-corrected chi connectivity index (χ0v) is 21.8. The van der Waals surface area contributed by atoms with Crippen LogP contribution < -0.4 is 10.7 Å². The van der Waals surface area contributed by atoms with Gasteiger partial charge in [-0.05, 0) is 45.6 Å². The molecule has 1 aliphatic rings. The maximum absolute atomic E-state index is 12.9. The fraction of sp³-hybridized carbons (Fsp3) is 0.310. The van der Waals surface area contributed by atoms with Crippen molar-refractivity contribution in [3.63, 3.8) is 0 Å². The minimum atomic E-state index is -0.647. The third kappa shape index (κ3) is 4.67. The van der Waals surface area contributed by atoms with E-state index in [9.17, 15) is 14.4 Å². The first-order valence-electron chi connectivity index (χ1n) is 12.5. The number of rotatable bonds is 5. The van der Waals surface area contributed by atoms with E-state index in [1.165, 1.54) is 17.7 Å². The van der Waals surface area contributed by atoms with Crippen molar-refractivity contribution in [1.82, 2.24) is 19.9 Å². The van der Waals surface area contributed by atoms with E-state index in [4.69, 9.17) is 9.47 Å². The van der Waals surface area contributed by atoms with E-state index in [1.54, 1.807) is 0 Å². The Morgan fingerprint density at radius 2 is 1.71 bits per heavy atom. The number of fused-ring (bicyclic) bond motifs is 1. The monoisotopic (exact) mass is 514 g/mol. The molecular formula is C29H30N4O5. The molecule has 0 aliphatic heterocycles. The number of aromatic nitrogens is 3. The summed E-state index contributed by atoms with van der Waals surface area (Å²) in [5, 5.41) is 6.07. The van der Waals surface area contributed by atoms with E-state index >= 15 is 0 Å². The van der Waals surface area contributed by atoms with Gasteiger partial charge in [-0.25, -0.2) is 19.1 Å². The summed E-state index contributed by atoms with van der Waals surface area (Å²) in [5.74, 6) is -0.647. The Morgan fingerprint density at radius 1 is 1.03 bits per heavy atom. The second-order valence-electron chi connectivity index (χ2n) is 10.5. The number of nitrogens with zero attached hydrogens (tertiary/aromatic N) is 2. The number of aromatic amines is 1. The van der Waals surface area contributed by atoms with Gasteiger partial charge < -0.3 is 14.8 Å². The minimum Gasteiger partial charge on any atom is -0.464 e. The summed E-state index contributed by atoms with van der Waals surface area (Å²) in [6.45, 7) is 5.52. The molecule has 1 saturated carbocycles. The van der Waals surface area contributed by atoms with Gasteiger partial charge >= 0.3 is 12.1 Å². The zero-order valence-electron chi connectivity index (χ0n) is 21.8. The highest BCUT2D eigenvalue weighted by molar-refractivity contribution is 5.88. The Balaban J connectivity index is 1.58. The Bertz CT molecular complexity index is 1560. The molecular weight excluding hydrogens is 484 g/mol. The lowest BCUT2D eigenvalue weighted by molar-refractivity contribution is 0.0377. The highest BCUT2D eigenvalue weighted by Crippen LogP contribution is 2.42. The molecule has 5 rings (SSSR count). The number of alkyl carbamates (subject to hydrolysis) is 1. The van der Waals surface area contributed by atoms with Gasteiger partial charge in [-0.3, -0.25) is 9.89 Å². The summed E-state index contributed by atoms with van der Waals surface area (Å²) in [7, 11) is 1.26. The molecule has 2 aromatic heterocycles. The first-order valence-corrected chi connectivity index (χ1v) is 12.5. The van der Waals surface area contributed by atoms with Crippen LogP contribution in [0.1, 0.15) is 56.1 Å². The Labute approximate surface area is 219 Å². The molecule has 2 N–H and O–H groups in total. The van der Waals surface area contributed by atoms with Crippen molar-refractivity contribution < 1.29 is 19.1 Å². The molecule has 2 heterocycles. The molecule has 1 amide bonds. The summed E-state index contributed by atoms with van der Waals surface area (Å²) in [4.78, 5) is 42.3. The number of carbonyl (C=O) groups excluding carboxylic acids is 2. The van der Waals surface area contributed by atoms with E-state index in [2.05, 4.69) is 15.4 Å². The fourth-order valence-electron chi connectivity index (χ4n) is 4.78. The summed E-state index contributed by atoms with van der Waals surface area (Å²) < 4.78 is 11.8. The van der Waals surface area contributed by atoms with Crippen LogP contribution in [-0.4, -0.2) is 39.4 Å². The van der Waals surface area contributed by atoms with Crippen LogP contribution in [0.25, 0.3) is 28.2 Å². The van der Waals surface area contributed by atoms with E-state index < -0.39 is 28.6 Å². The van der Waals surface area contributed by atoms with Crippen LogP contribution >= 0.6 is 0 Å². The van der Waals surface area contributed by atoms with Crippen molar-refractivity contribution >= 4 is 17.7 Å². The Morgan fingerprint density at radius 3 is 2.29 bits per heavy atom. The molecule has 0 unspecified atom stereocenters. The van der Waals surface area contributed by atoms with Gasteiger partial charge in [0.05, 0.1) is 24.0 Å². The molecule has 0 bridgehead atoms. The van der Waals surface area contributed by atoms with Gasteiger partial charge in [-0.15, -0.1) is 0 Å². The standard InChI is InChI=1S/C29H30N4O5/c1-28(2,3)38-27(36)31-29(15-8-16-29)20-13-11-18(12-14-20)23-24(19-9-6-5-7-10-19)33-25(30-23)22(34)17-21(32-33)26(35)37-4/h5-7,9-14,17,32H,8,15-16H2,1-4H3,(H,31,36). The lowest BCUT2D eigenvalue weighted by Crippen LogP contribution is -2.52. The predicted molar refractivity (Wildman–Crippen MR) is 143 cm³/mol. The molecule has 2 aromatic carbocycles. The summed E-state index contributed by atoms with van der Waals surface area (Å²) in [6, 6.07) is 18.5. The minimum absolute atomic E-state index is 0.0293. The molecule has 0 saturated heterocycles. The number of ether oxygens (including phenoxy) is 2. The number of hydrogen-bond acceptors (Lipinski definition) is 6. The Kier molecular flexibility index (Phi) is 6.30. The van der Waals surface area contributed by atoms with Crippen LogP contribution in [0.3, 0.4) is 0 Å². The molecule has 0 atom stereocenters. The molecule has 196 valence electrons. The van der Waals surface area contributed by atoms with Gasteiger partial charge in [0.2, 0.25) is 11.1 Å². The molecule has 0 radical (unpaired) electrons. The molecule has 1 aliphatic carbocycles. The van der Waals surface area contributed by atoms with E-state index in [0.717, 1.165) is 36.0 Å². The summed E-state index contributed by atoms with van der Waals surface area (Å²) >= 11 is 0. The molecule has 9 heteroatoms. The van der Waals surface area contributed by atoms with Crippen LogP contribution in [0.5, 0.6) is 0 Å². The molecule has 9 nitrogen and oxygen atoms in total. The van der Waals surface area contributed by atoms with Crippen LogP contribution in [0.15, 0.2) is 65.5 Å². The third-order valence-electron chi connectivity index (χ3n) is 6.72. The van der Waals surface area contributed by atoms with E-state index in [0.29, 0.717) is 11.4 Å². The number of methoxy groups -OCH3 is 1. The third-order valence-corrected chi connectivity index (χ3v) is 6.72. The van der Waals surface area contributed by atoms with E-state index in [-0.39, 0.29) is 11.3 Å². The van der Waals surface area contributed by atoms with Crippen molar-refractivity contribution in [3.8, 4) is 22.5 Å². The molecule has 4 aromatic rings.